The summed E-state index contributed by atoms with van der Waals surface area (Å²) in [5.74, 6) is -0.102. The molecule has 0 saturated heterocycles. The number of nitrogens with two attached hydrogens (primary N) is 1. The van der Waals surface area contributed by atoms with Gasteiger partial charge in [0.05, 0.1) is 23.5 Å². The Morgan fingerprint density at radius 3 is 2.85 bits per heavy atom. The van der Waals surface area contributed by atoms with Crippen molar-refractivity contribution in [2.24, 2.45) is 0 Å². The minimum absolute atomic E-state index is 0.0380. The molecule has 1 aliphatic heterocycles. The van der Waals surface area contributed by atoms with Gasteiger partial charge in [0.2, 0.25) is 15.9 Å². The third kappa shape index (κ3) is 3.40. The van der Waals surface area contributed by atoms with E-state index in [2.05, 4.69) is 15.4 Å². The van der Waals surface area contributed by atoms with Crippen molar-refractivity contribution < 1.29 is 13.2 Å². The lowest BCUT2D eigenvalue weighted by Gasteiger charge is -2.11. The van der Waals surface area contributed by atoms with E-state index in [-0.39, 0.29) is 18.2 Å². The van der Waals surface area contributed by atoms with Gasteiger partial charge in [0, 0.05) is 18.8 Å². The van der Waals surface area contributed by atoms with E-state index >= 15 is 0 Å². The van der Waals surface area contributed by atoms with E-state index in [9.17, 15) is 13.2 Å². The summed E-state index contributed by atoms with van der Waals surface area (Å²) < 4.78 is 25.4. The molecule has 1 heterocycles. The maximum atomic E-state index is 11.5. The number of amides is 1. The second-order valence-corrected chi connectivity index (χ2v) is 6.49. The number of nitrogen functional groups attached to an aromatic ring is 1. The van der Waals surface area contributed by atoms with Gasteiger partial charge in [0.25, 0.3) is 0 Å². The van der Waals surface area contributed by atoms with Crippen LogP contribution in [0.15, 0.2) is 12.1 Å². The zero-order chi connectivity index (χ0) is 14.8. The van der Waals surface area contributed by atoms with Crippen molar-refractivity contribution in [3.05, 3.63) is 17.7 Å². The molecule has 0 spiro atoms. The Morgan fingerprint density at radius 1 is 1.40 bits per heavy atom. The fraction of sp³-hybridized carbons (Fsp3) is 0.417. The quantitative estimate of drug-likeness (QED) is 0.557. The number of carbonyl (C=O) groups excluding carboxylic acids is 1. The zero-order valence-corrected chi connectivity index (χ0v) is 12.0. The van der Waals surface area contributed by atoms with Gasteiger partial charge >= 0.3 is 0 Å². The highest BCUT2D eigenvalue weighted by molar-refractivity contribution is 7.89. The number of carbonyl (C=O) groups is 1. The first-order valence-corrected chi connectivity index (χ1v) is 8.00. The largest absolute Gasteiger partial charge is 0.397 e. The lowest BCUT2D eigenvalue weighted by atomic mass is 10.1. The Balaban J connectivity index is 2.01. The first-order valence-electron chi connectivity index (χ1n) is 6.34. The number of sulfonamides is 1. The fourth-order valence-electron chi connectivity index (χ4n) is 2.06. The molecule has 0 bridgehead atoms. The van der Waals surface area contributed by atoms with E-state index in [0.29, 0.717) is 24.3 Å². The van der Waals surface area contributed by atoms with Gasteiger partial charge in [-0.05, 0) is 17.7 Å². The third-order valence-electron chi connectivity index (χ3n) is 2.95. The predicted octanol–water partition coefficient (Wildman–Crippen LogP) is 0.115. The molecular formula is C12H18N4O3S. The number of nitrogens with one attached hydrogen (secondary N) is 3. The SMILES string of the molecule is CCNS(=O)(=O)CCNc1cc2c(cc1N)CC(=O)N2. The van der Waals surface area contributed by atoms with Gasteiger partial charge in [-0.25, -0.2) is 13.1 Å². The van der Waals surface area contributed by atoms with Crippen LogP contribution in [-0.2, 0) is 21.2 Å². The number of benzene rings is 1. The Kier molecular flexibility index (Phi) is 4.15. The van der Waals surface area contributed by atoms with Crippen LogP contribution in [0.25, 0.3) is 0 Å². The van der Waals surface area contributed by atoms with E-state index in [0.717, 1.165) is 11.3 Å². The minimum Gasteiger partial charge on any atom is -0.397 e. The molecule has 7 nitrogen and oxygen atoms in total. The van der Waals surface area contributed by atoms with Gasteiger partial charge < -0.3 is 16.4 Å². The summed E-state index contributed by atoms with van der Waals surface area (Å²) in [7, 11) is -3.26. The van der Waals surface area contributed by atoms with Gasteiger partial charge in [-0.2, -0.15) is 0 Å². The lowest BCUT2D eigenvalue weighted by Crippen LogP contribution is -2.29. The van der Waals surface area contributed by atoms with E-state index in [1.807, 2.05) is 0 Å². The maximum Gasteiger partial charge on any atom is 0.228 e. The molecule has 0 fully saturated rings. The Morgan fingerprint density at radius 2 is 2.15 bits per heavy atom. The summed E-state index contributed by atoms with van der Waals surface area (Å²) in [6.45, 7) is 2.34. The van der Waals surface area contributed by atoms with Crippen molar-refractivity contribution in [3.63, 3.8) is 0 Å². The van der Waals surface area contributed by atoms with Crippen LogP contribution < -0.4 is 21.1 Å². The van der Waals surface area contributed by atoms with Crippen LogP contribution in [0.4, 0.5) is 17.1 Å². The summed E-state index contributed by atoms with van der Waals surface area (Å²) in [4.78, 5) is 11.3. The van der Waals surface area contributed by atoms with Crippen molar-refractivity contribution in [2.45, 2.75) is 13.3 Å². The van der Waals surface area contributed by atoms with Gasteiger partial charge in [0.15, 0.2) is 0 Å². The maximum absolute atomic E-state index is 11.5. The predicted molar refractivity (Wildman–Crippen MR) is 79.1 cm³/mol. The van der Waals surface area contributed by atoms with Crippen molar-refractivity contribution in [1.29, 1.82) is 0 Å². The first kappa shape index (κ1) is 14.6. The van der Waals surface area contributed by atoms with Gasteiger partial charge in [-0.3, -0.25) is 4.79 Å². The van der Waals surface area contributed by atoms with Gasteiger partial charge in [0.1, 0.15) is 0 Å². The number of anilines is 3. The molecule has 0 radical (unpaired) electrons. The molecule has 0 aromatic heterocycles. The average Bonchev–Trinajstić information content (AvgIpc) is 2.68. The minimum atomic E-state index is -3.26. The third-order valence-corrected chi connectivity index (χ3v) is 4.42. The van der Waals surface area contributed by atoms with E-state index < -0.39 is 10.0 Å². The van der Waals surface area contributed by atoms with Crippen LogP contribution in [0.5, 0.6) is 0 Å². The number of hydrogen-bond acceptors (Lipinski definition) is 5. The molecule has 8 heteroatoms. The summed E-state index contributed by atoms with van der Waals surface area (Å²) in [5, 5.41) is 5.70. The molecule has 0 unspecified atom stereocenters. The van der Waals surface area contributed by atoms with Crippen LogP contribution in [-0.4, -0.2) is 33.2 Å². The van der Waals surface area contributed by atoms with Crippen LogP contribution >= 0.6 is 0 Å². The molecule has 0 atom stereocenters. The molecule has 20 heavy (non-hydrogen) atoms. The lowest BCUT2D eigenvalue weighted by molar-refractivity contribution is -0.115. The molecule has 0 aliphatic carbocycles. The Labute approximate surface area is 118 Å². The summed E-state index contributed by atoms with van der Waals surface area (Å²) in [5.41, 5.74) is 8.59. The second kappa shape index (κ2) is 5.68. The monoisotopic (exact) mass is 298 g/mol. The molecular weight excluding hydrogens is 280 g/mol. The molecule has 1 amide bonds. The van der Waals surface area contributed by atoms with Crippen molar-refractivity contribution in [2.75, 3.05) is 35.2 Å². The number of rotatable bonds is 6. The first-order chi connectivity index (χ1) is 9.41. The fourth-order valence-corrected chi connectivity index (χ4v) is 3.01. The van der Waals surface area contributed by atoms with Crippen molar-refractivity contribution in [3.8, 4) is 0 Å². The molecule has 5 N–H and O–H groups in total. The van der Waals surface area contributed by atoms with E-state index in [1.165, 1.54) is 0 Å². The zero-order valence-electron chi connectivity index (χ0n) is 11.2. The molecule has 2 rings (SSSR count). The molecule has 1 aliphatic rings. The van der Waals surface area contributed by atoms with Gasteiger partial charge in [-0.1, -0.05) is 6.92 Å². The van der Waals surface area contributed by atoms with Crippen LogP contribution in [0.3, 0.4) is 0 Å². The Hall–Kier alpha value is -1.80. The normalized spacial score (nSPS) is 13.9. The van der Waals surface area contributed by atoms with Crippen LogP contribution in [0.1, 0.15) is 12.5 Å². The number of fused-ring (bicyclic) bond motifs is 1. The van der Waals surface area contributed by atoms with E-state index in [1.54, 1.807) is 19.1 Å². The Bertz CT molecular complexity index is 628. The average molecular weight is 298 g/mol. The highest BCUT2D eigenvalue weighted by atomic mass is 32.2. The van der Waals surface area contributed by atoms with Crippen molar-refractivity contribution in [1.82, 2.24) is 4.72 Å². The smallest absolute Gasteiger partial charge is 0.228 e. The molecule has 1 aromatic rings. The van der Waals surface area contributed by atoms with Crippen LogP contribution in [0.2, 0.25) is 0 Å². The topological polar surface area (TPSA) is 113 Å². The number of hydrogen-bond donors (Lipinski definition) is 4. The van der Waals surface area contributed by atoms with Gasteiger partial charge in [-0.15, -0.1) is 0 Å². The summed E-state index contributed by atoms with van der Waals surface area (Å²) in [6.07, 6.45) is 0.328. The molecule has 0 saturated carbocycles. The van der Waals surface area contributed by atoms with Crippen LogP contribution in [0, 0.1) is 0 Å². The highest BCUT2D eigenvalue weighted by Gasteiger charge is 2.19. The van der Waals surface area contributed by atoms with E-state index in [4.69, 9.17) is 5.73 Å². The molecule has 110 valence electrons. The standard InChI is InChI=1S/C12H18N4O3S/c1-2-15-20(18,19)4-3-14-11-7-10-8(5-9(11)13)6-12(17)16-10/h5,7,14-15H,2-4,6,13H2,1H3,(H,16,17). The second-order valence-electron chi connectivity index (χ2n) is 4.57. The highest BCUT2D eigenvalue weighted by Crippen LogP contribution is 2.31. The summed E-state index contributed by atoms with van der Waals surface area (Å²) in [6, 6.07) is 3.46. The molecule has 1 aromatic carbocycles. The van der Waals surface area contributed by atoms with Crippen molar-refractivity contribution >= 4 is 33.0 Å². The summed E-state index contributed by atoms with van der Waals surface area (Å²) >= 11 is 0.